The Bertz CT molecular complexity index is 927. The third kappa shape index (κ3) is 4.49. The summed E-state index contributed by atoms with van der Waals surface area (Å²) in [7, 11) is 1.79. The second-order valence-corrected chi connectivity index (χ2v) is 6.30. The summed E-state index contributed by atoms with van der Waals surface area (Å²) in [6.45, 7) is 1.99. The number of carboxylic acid groups (broad SMARTS) is 1. The van der Waals surface area contributed by atoms with Gasteiger partial charge in [0, 0.05) is 29.6 Å². The fraction of sp³-hybridized carbons (Fsp3) is 0.118. The van der Waals surface area contributed by atoms with E-state index in [-0.39, 0.29) is 35.1 Å². The molecule has 0 aliphatic rings. The maximum atomic E-state index is 11.1. The Hall–Kier alpha value is -1.67. The van der Waals surface area contributed by atoms with Crippen LogP contribution < -0.4 is 5.32 Å². The second-order valence-electron chi connectivity index (χ2n) is 5.38. The molecule has 0 bridgehead atoms. The van der Waals surface area contributed by atoms with Gasteiger partial charge in [0.05, 0.1) is 17.0 Å². The molecule has 0 fully saturated rings. The summed E-state index contributed by atoms with van der Waals surface area (Å²) in [6, 6.07) is 9.26. The average Bonchev–Trinajstić information content (AvgIpc) is 2.93. The van der Waals surface area contributed by atoms with E-state index in [0.717, 1.165) is 15.7 Å². The molecule has 2 aromatic heterocycles. The van der Waals surface area contributed by atoms with Crippen molar-refractivity contribution in [3.63, 3.8) is 0 Å². The first-order valence-corrected chi connectivity index (χ1v) is 7.99. The summed E-state index contributed by atoms with van der Waals surface area (Å²) in [5.74, 6) is -0.513. The minimum atomic E-state index is -0.964. The number of anilines is 2. The van der Waals surface area contributed by atoms with E-state index in [2.05, 4.69) is 31.2 Å². The van der Waals surface area contributed by atoms with E-state index < -0.39 is 5.97 Å². The van der Waals surface area contributed by atoms with Crippen molar-refractivity contribution in [2.45, 2.75) is 6.92 Å². The van der Waals surface area contributed by atoms with Crippen LogP contribution in [-0.4, -0.2) is 55.2 Å². The number of aromatic nitrogens is 3. The van der Waals surface area contributed by atoms with Gasteiger partial charge in [0.15, 0.2) is 0 Å². The summed E-state index contributed by atoms with van der Waals surface area (Å²) < 4.78 is 2.69. The zero-order chi connectivity index (χ0) is 17.3. The topological polar surface area (TPSA) is 80.0 Å². The molecule has 6 nitrogen and oxygen atoms in total. The molecule has 0 saturated carbocycles. The predicted octanol–water partition coefficient (Wildman–Crippen LogP) is 3.35. The molecule has 2 heterocycles. The Morgan fingerprint density at radius 2 is 2.04 bits per heavy atom. The molecule has 3 aromatic rings. The van der Waals surface area contributed by atoms with E-state index in [1.807, 2.05) is 25.1 Å². The molecule has 0 aliphatic carbocycles. The molecule has 0 amide bonds. The number of carboxylic acids is 1. The van der Waals surface area contributed by atoms with Gasteiger partial charge in [0.1, 0.15) is 0 Å². The minimum absolute atomic E-state index is 0. The van der Waals surface area contributed by atoms with Crippen LogP contribution in [0.5, 0.6) is 0 Å². The number of benzene rings is 1. The van der Waals surface area contributed by atoms with Gasteiger partial charge in [-0.1, -0.05) is 22.0 Å². The normalized spacial score (nSPS) is 10.2. The van der Waals surface area contributed by atoms with Crippen molar-refractivity contribution in [3.05, 3.63) is 58.3 Å². The molecule has 0 unspecified atom stereocenters. The first-order valence-electron chi connectivity index (χ1n) is 7.20. The first kappa shape index (κ1) is 19.7. The molecule has 0 radical (unpaired) electrons. The molecule has 0 saturated heterocycles. The standard InChI is InChI=1S/C17H15BrN4O2.Na.H/c1-10-3-4-12(18)8-14(10)21-17-19-6-5-13(20-17)15-7-11(16(23)24)9-22(15)2;;/h3-9H,1-2H3,(H,23,24)(H,19,20,21);;. The number of aromatic carboxylic acids is 1. The van der Waals surface area contributed by atoms with Gasteiger partial charge in [-0.3, -0.25) is 0 Å². The second kappa shape index (κ2) is 8.14. The Labute approximate surface area is 175 Å². The van der Waals surface area contributed by atoms with Crippen molar-refractivity contribution >= 4 is 63.1 Å². The molecular formula is C17H16BrN4NaO2. The summed E-state index contributed by atoms with van der Waals surface area (Å²) in [6.07, 6.45) is 3.21. The summed E-state index contributed by atoms with van der Waals surface area (Å²) >= 11 is 3.45. The van der Waals surface area contributed by atoms with Crippen molar-refractivity contribution in [2.24, 2.45) is 7.05 Å². The Balaban J connectivity index is 0.00000225. The van der Waals surface area contributed by atoms with Crippen molar-refractivity contribution in [2.75, 3.05) is 5.32 Å². The van der Waals surface area contributed by atoms with Gasteiger partial charge in [-0.25, -0.2) is 14.8 Å². The molecule has 0 aliphatic heterocycles. The van der Waals surface area contributed by atoms with Crippen LogP contribution in [0.1, 0.15) is 15.9 Å². The van der Waals surface area contributed by atoms with Crippen LogP contribution in [0.25, 0.3) is 11.4 Å². The number of hydrogen-bond acceptors (Lipinski definition) is 4. The molecule has 2 N–H and O–H groups in total. The molecule has 3 rings (SSSR count). The zero-order valence-corrected chi connectivity index (χ0v) is 14.7. The van der Waals surface area contributed by atoms with Crippen molar-refractivity contribution < 1.29 is 9.90 Å². The first-order chi connectivity index (χ1) is 11.4. The number of nitrogens with zero attached hydrogens (tertiary/aromatic N) is 3. The van der Waals surface area contributed by atoms with E-state index in [1.165, 1.54) is 0 Å². The molecule has 124 valence electrons. The number of nitrogens with one attached hydrogen (secondary N) is 1. The maximum absolute atomic E-state index is 11.1. The van der Waals surface area contributed by atoms with Crippen LogP contribution in [0.15, 0.2) is 47.2 Å². The number of aryl methyl sites for hydroxylation is 2. The quantitative estimate of drug-likeness (QED) is 0.644. The van der Waals surface area contributed by atoms with Gasteiger partial charge in [-0.2, -0.15) is 0 Å². The van der Waals surface area contributed by atoms with Crippen LogP contribution in [0.3, 0.4) is 0 Å². The SMILES string of the molecule is Cc1ccc(Br)cc1Nc1nccc(-c2cc(C(=O)O)cn2C)n1.[NaH]. The van der Waals surface area contributed by atoms with Crippen LogP contribution in [0, 0.1) is 6.92 Å². The van der Waals surface area contributed by atoms with Crippen molar-refractivity contribution in [3.8, 4) is 11.4 Å². The van der Waals surface area contributed by atoms with E-state index >= 15 is 0 Å². The van der Waals surface area contributed by atoms with Gasteiger partial charge in [-0.05, 0) is 36.8 Å². The molecular weight excluding hydrogens is 395 g/mol. The third-order valence-corrected chi connectivity index (χ3v) is 4.11. The van der Waals surface area contributed by atoms with Crippen LogP contribution in [-0.2, 0) is 7.05 Å². The average molecular weight is 411 g/mol. The van der Waals surface area contributed by atoms with Crippen molar-refractivity contribution in [1.29, 1.82) is 0 Å². The summed E-state index contributed by atoms with van der Waals surface area (Å²) in [4.78, 5) is 19.8. The zero-order valence-electron chi connectivity index (χ0n) is 13.1. The molecule has 0 atom stereocenters. The van der Waals surface area contributed by atoms with Crippen molar-refractivity contribution in [1.82, 2.24) is 14.5 Å². The Morgan fingerprint density at radius 1 is 1.28 bits per heavy atom. The Morgan fingerprint density at radius 3 is 2.72 bits per heavy atom. The van der Waals surface area contributed by atoms with Crippen LogP contribution in [0.4, 0.5) is 11.6 Å². The molecule has 0 spiro atoms. The van der Waals surface area contributed by atoms with E-state index in [9.17, 15) is 4.79 Å². The van der Waals surface area contributed by atoms with Gasteiger partial charge < -0.3 is 15.0 Å². The fourth-order valence-corrected chi connectivity index (χ4v) is 2.71. The van der Waals surface area contributed by atoms with Gasteiger partial charge in [0.2, 0.25) is 5.95 Å². The Kier molecular flexibility index (Phi) is 6.40. The van der Waals surface area contributed by atoms with E-state index in [0.29, 0.717) is 17.3 Å². The summed E-state index contributed by atoms with van der Waals surface area (Å²) in [5.41, 5.74) is 3.56. The number of rotatable bonds is 4. The van der Waals surface area contributed by atoms with E-state index in [1.54, 1.807) is 36.1 Å². The summed E-state index contributed by atoms with van der Waals surface area (Å²) in [5, 5.41) is 12.3. The molecule has 8 heteroatoms. The third-order valence-electron chi connectivity index (χ3n) is 3.62. The number of hydrogen-bond donors (Lipinski definition) is 2. The number of halogens is 1. The fourth-order valence-electron chi connectivity index (χ4n) is 2.35. The van der Waals surface area contributed by atoms with Crippen LogP contribution >= 0.6 is 15.9 Å². The molecule has 25 heavy (non-hydrogen) atoms. The number of carbonyl (C=O) groups is 1. The van der Waals surface area contributed by atoms with E-state index in [4.69, 9.17) is 5.11 Å². The molecule has 1 aromatic carbocycles. The predicted molar refractivity (Wildman–Crippen MR) is 103 cm³/mol. The monoisotopic (exact) mass is 410 g/mol. The van der Waals surface area contributed by atoms with Crippen LogP contribution in [0.2, 0.25) is 0 Å². The van der Waals surface area contributed by atoms with Gasteiger partial charge >= 0.3 is 35.5 Å². The van der Waals surface area contributed by atoms with Gasteiger partial charge in [-0.15, -0.1) is 0 Å². The van der Waals surface area contributed by atoms with Gasteiger partial charge in [0.25, 0.3) is 0 Å².